The molecule has 0 radical (unpaired) electrons. The van der Waals surface area contributed by atoms with Gasteiger partial charge in [0.2, 0.25) is 5.91 Å². The van der Waals surface area contributed by atoms with Crippen molar-refractivity contribution in [2.75, 3.05) is 25.1 Å². The molecule has 3 aromatic rings. The molecular formula is C17H15N3O4S2. The van der Waals surface area contributed by atoms with Gasteiger partial charge in [-0.2, -0.15) is 0 Å². The van der Waals surface area contributed by atoms with Gasteiger partial charge in [0.1, 0.15) is 13.2 Å². The average Bonchev–Trinajstić information content (AvgIpc) is 3.22. The van der Waals surface area contributed by atoms with Crippen LogP contribution in [0.1, 0.15) is 14.5 Å². The van der Waals surface area contributed by atoms with Gasteiger partial charge < -0.3 is 20.1 Å². The Bertz CT molecular complexity index is 952. The molecule has 9 heteroatoms. The number of nitrogens with zero attached hydrogens (tertiary/aromatic N) is 1. The largest absolute Gasteiger partial charge is 0.486 e. The summed E-state index contributed by atoms with van der Waals surface area (Å²) in [6.45, 7) is 2.84. The molecule has 0 spiro atoms. The van der Waals surface area contributed by atoms with Gasteiger partial charge in [-0.15, -0.1) is 11.3 Å². The Kier molecular flexibility index (Phi) is 4.48. The number of nitrogens with one attached hydrogen (secondary N) is 2. The molecule has 0 saturated heterocycles. The van der Waals surface area contributed by atoms with Crippen molar-refractivity contribution in [2.45, 2.75) is 6.92 Å². The van der Waals surface area contributed by atoms with Crippen LogP contribution in [0, 0.1) is 6.92 Å². The van der Waals surface area contributed by atoms with Gasteiger partial charge in [0.15, 0.2) is 16.6 Å². The first-order chi connectivity index (χ1) is 12.6. The Balaban J connectivity index is 1.40. The van der Waals surface area contributed by atoms with Crippen LogP contribution in [-0.4, -0.2) is 36.6 Å². The molecule has 1 aliphatic heterocycles. The number of anilines is 1. The molecule has 0 unspecified atom stereocenters. The van der Waals surface area contributed by atoms with Gasteiger partial charge in [-0.25, -0.2) is 4.98 Å². The number of hydrogen-bond acceptors (Lipinski definition) is 7. The molecule has 0 aliphatic carbocycles. The smallest absolute Gasteiger partial charge is 0.261 e. The van der Waals surface area contributed by atoms with E-state index in [0.717, 1.165) is 15.1 Å². The minimum atomic E-state index is -0.331. The first-order valence-corrected chi connectivity index (χ1v) is 9.56. The first-order valence-electron chi connectivity index (χ1n) is 7.93. The number of rotatable bonds is 4. The van der Waals surface area contributed by atoms with Crippen molar-refractivity contribution in [1.29, 1.82) is 0 Å². The van der Waals surface area contributed by atoms with Crippen LogP contribution >= 0.6 is 22.7 Å². The van der Waals surface area contributed by atoms with Crippen LogP contribution in [-0.2, 0) is 4.79 Å². The number of thiophene rings is 1. The molecule has 3 heterocycles. The van der Waals surface area contributed by atoms with E-state index in [1.165, 1.54) is 22.7 Å². The van der Waals surface area contributed by atoms with Crippen LogP contribution < -0.4 is 20.1 Å². The second-order valence-corrected chi connectivity index (χ2v) is 7.94. The topological polar surface area (TPSA) is 89.6 Å². The number of benzene rings is 1. The lowest BCUT2D eigenvalue weighted by Gasteiger charge is -2.17. The number of ether oxygens (including phenoxy) is 2. The van der Waals surface area contributed by atoms with E-state index in [-0.39, 0.29) is 18.4 Å². The number of aryl methyl sites for hydroxylation is 1. The van der Waals surface area contributed by atoms with Crippen LogP contribution in [0.4, 0.5) is 5.13 Å². The minimum absolute atomic E-state index is 0.117. The zero-order valence-corrected chi connectivity index (χ0v) is 15.5. The van der Waals surface area contributed by atoms with E-state index in [1.54, 1.807) is 12.1 Å². The SMILES string of the molecule is Cc1ccc(C(=O)NCC(=O)Nc2nc3cc4c(cc3s2)OCCO4)s1. The van der Waals surface area contributed by atoms with E-state index in [9.17, 15) is 9.59 Å². The molecule has 2 amide bonds. The van der Waals surface area contributed by atoms with E-state index in [4.69, 9.17) is 9.47 Å². The molecule has 0 fully saturated rings. The van der Waals surface area contributed by atoms with Crippen LogP contribution in [0.3, 0.4) is 0 Å². The number of carbonyl (C=O) groups is 2. The van der Waals surface area contributed by atoms with Gasteiger partial charge in [-0.3, -0.25) is 9.59 Å². The molecule has 2 N–H and O–H groups in total. The summed E-state index contributed by atoms with van der Waals surface area (Å²) in [5.41, 5.74) is 0.729. The van der Waals surface area contributed by atoms with Crippen LogP contribution in [0.5, 0.6) is 11.5 Å². The number of hydrogen-bond donors (Lipinski definition) is 2. The lowest BCUT2D eigenvalue weighted by Crippen LogP contribution is -2.32. The average molecular weight is 389 g/mol. The summed E-state index contributed by atoms with van der Waals surface area (Å²) in [4.78, 5) is 30.1. The van der Waals surface area contributed by atoms with Gasteiger partial charge >= 0.3 is 0 Å². The van der Waals surface area contributed by atoms with Crippen LogP contribution in [0.15, 0.2) is 24.3 Å². The molecule has 134 valence electrons. The molecule has 1 aliphatic rings. The third kappa shape index (κ3) is 3.49. The van der Waals surface area contributed by atoms with E-state index < -0.39 is 0 Å². The normalized spacial score (nSPS) is 12.8. The molecule has 26 heavy (non-hydrogen) atoms. The lowest BCUT2D eigenvalue weighted by molar-refractivity contribution is -0.115. The summed E-state index contributed by atoms with van der Waals surface area (Å²) in [6.07, 6.45) is 0. The number of thiazole rings is 1. The van der Waals surface area contributed by atoms with E-state index >= 15 is 0 Å². The minimum Gasteiger partial charge on any atom is -0.486 e. The predicted octanol–water partition coefficient (Wildman–Crippen LogP) is 2.81. The lowest BCUT2D eigenvalue weighted by atomic mass is 10.3. The van der Waals surface area contributed by atoms with E-state index in [0.29, 0.717) is 34.7 Å². The van der Waals surface area contributed by atoms with Gasteiger partial charge in [0, 0.05) is 17.0 Å². The zero-order chi connectivity index (χ0) is 18.1. The Morgan fingerprint density at radius 3 is 2.65 bits per heavy atom. The highest BCUT2D eigenvalue weighted by molar-refractivity contribution is 7.22. The van der Waals surface area contributed by atoms with Crippen LogP contribution in [0.25, 0.3) is 10.2 Å². The number of aromatic nitrogens is 1. The predicted molar refractivity (Wildman–Crippen MR) is 101 cm³/mol. The molecule has 0 bridgehead atoms. The number of amides is 2. The quantitative estimate of drug-likeness (QED) is 0.716. The Morgan fingerprint density at radius 1 is 1.15 bits per heavy atom. The maximum Gasteiger partial charge on any atom is 0.261 e. The highest BCUT2D eigenvalue weighted by Crippen LogP contribution is 2.37. The molecule has 4 rings (SSSR count). The fraction of sp³-hybridized carbons (Fsp3) is 0.235. The highest BCUT2D eigenvalue weighted by Gasteiger charge is 2.16. The standard InChI is InChI=1S/C17H15N3O4S2/c1-9-2-3-13(25-9)16(22)18-8-15(21)20-17-19-10-6-11-12(7-14(10)26-17)24-5-4-23-11/h2-3,6-7H,4-5,8H2,1H3,(H,18,22)(H,19,20,21). The van der Waals surface area contributed by atoms with Crippen LogP contribution in [0.2, 0.25) is 0 Å². The van der Waals surface area contributed by atoms with Crippen molar-refractivity contribution in [3.63, 3.8) is 0 Å². The van der Waals surface area contributed by atoms with Gasteiger partial charge in [-0.05, 0) is 19.1 Å². The Labute approximate surface area is 157 Å². The molecule has 7 nitrogen and oxygen atoms in total. The number of carbonyl (C=O) groups excluding carboxylic acids is 2. The summed E-state index contributed by atoms with van der Waals surface area (Å²) in [5.74, 6) is 0.752. The third-order valence-electron chi connectivity index (χ3n) is 3.67. The van der Waals surface area contributed by atoms with Gasteiger partial charge in [-0.1, -0.05) is 11.3 Å². The molecule has 0 atom stereocenters. The fourth-order valence-corrected chi connectivity index (χ4v) is 4.16. The van der Waals surface area contributed by atoms with Crippen molar-refractivity contribution < 1.29 is 19.1 Å². The van der Waals surface area contributed by atoms with Crippen molar-refractivity contribution in [3.8, 4) is 11.5 Å². The summed E-state index contributed by atoms with van der Waals surface area (Å²) < 4.78 is 12.0. The maximum absolute atomic E-state index is 12.1. The maximum atomic E-state index is 12.1. The van der Waals surface area contributed by atoms with Gasteiger partial charge in [0.25, 0.3) is 5.91 Å². The summed E-state index contributed by atoms with van der Waals surface area (Å²) in [7, 11) is 0. The molecular weight excluding hydrogens is 374 g/mol. The fourth-order valence-electron chi connectivity index (χ4n) is 2.49. The van der Waals surface area contributed by atoms with Crippen molar-refractivity contribution in [1.82, 2.24) is 10.3 Å². The van der Waals surface area contributed by atoms with E-state index in [1.807, 2.05) is 19.1 Å². The first kappa shape index (κ1) is 16.8. The summed E-state index contributed by atoms with van der Waals surface area (Å²) >= 11 is 2.73. The second kappa shape index (κ2) is 6.93. The summed E-state index contributed by atoms with van der Waals surface area (Å²) in [6, 6.07) is 7.27. The monoisotopic (exact) mass is 389 g/mol. The summed E-state index contributed by atoms with van der Waals surface area (Å²) in [5, 5.41) is 5.78. The second-order valence-electron chi connectivity index (χ2n) is 5.62. The van der Waals surface area contributed by atoms with Crippen molar-refractivity contribution in [3.05, 3.63) is 34.0 Å². The third-order valence-corrected chi connectivity index (χ3v) is 5.61. The van der Waals surface area contributed by atoms with Gasteiger partial charge in [0.05, 0.1) is 21.6 Å². The highest BCUT2D eigenvalue weighted by atomic mass is 32.1. The molecule has 0 saturated carbocycles. The molecule has 2 aromatic heterocycles. The van der Waals surface area contributed by atoms with Crippen molar-refractivity contribution in [2.24, 2.45) is 0 Å². The van der Waals surface area contributed by atoms with E-state index in [2.05, 4.69) is 15.6 Å². The zero-order valence-electron chi connectivity index (χ0n) is 13.8. The van der Waals surface area contributed by atoms with Crippen molar-refractivity contribution >= 4 is 49.8 Å². The number of fused-ring (bicyclic) bond motifs is 2. The molecule has 1 aromatic carbocycles. The Hall–Kier alpha value is -2.65. The Morgan fingerprint density at radius 2 is 1.92 bits per heavy atom.